The molecule has 1 aliphatic heterocycles. The summed E-state index contributed by atoms with van der Waals surface area (Å²) in [5.41, 5.74) is 1.91. The van der Waals surface area contributed by atoms with Crippen LogP contribution in [0.5, 0.6) is 0 Å². The van der Waals surface area contributed by atoms with Crippen LogP contribution in [0, 0.1) is 12.3 Å². The number of aromatic nitrogens is 2. The molecule has 9 nitrogen and oxygen atoms in total. The molecule has 0 radical (unpaired) electrons. The van der Waals surface area contributed by atoms with E-state index in [2.05, 4.69) is 15.7 Å². The van der Waals surface area contributed by atoms with Crippen LogP contribution in [0.1, 0.15) is 25.3 Å². The Kier molecular flexibility index (Phi) is 7.54. The summed E-state index contributed by atoms with van der Waals surface area (Å²) in [6.45, 7) is 6.01. The summed E-state index contributed by atoms with van der Waals surface area (Å²) in [6, 6.07) is 12.8. The molecule has 1 aliphatic rings. The van der Waals surface area contributed by atoms with Gasteiger partial charge in [0.1, 0.15) is 11.0 Å². The standard InChI is InChI=1S/C24H27ClN6O3S/c1-14(2)34-20-12-21(30(13-20)24(33)28-18-6-4-16(25)5-7-18)22(32)27-17-8-10-19(11-9-17)31-23(26)35-15(3)29-31/h4-11,14,20-21,26H,12-13H2,1-3H3,(H,27,32)(H,28,33)/t20-,21-/m1/s1. The van der Waals surface area contributed by atoms with E-state index in [4.69, 9.17) is 21.7 Å². The lowest BCUT2D eigenvalue weighted by molar-refractivity contribution is -0.119. The number of ether oxygens (including phenoxy) is 1. The Hall–Kier alpha value is -3.21. The fourth-order valence-electron chi connectivity index (χ4n) is 3.96. The van der Waals surface area contributed by atoms with E-state index in [0.717, 1.165) is 10.7 Å². The number of aryl methyl sites for hydroxylation is 1. The zero-order valence-corrected chi connectivity index (χ0v) is 21.2. The van der Waals surface area contributed by atoms with Crippen LogP contribution in [0.15, 0.2) is 48.5 Å². The van der Waals surface area contributed by atoms with Gasteiger partial charge in [0.05, 0.1) is 17.9 Å². The first kappa shape index (κ1) is 24.9. The molecule has 0 spiro atoms. The van der Waals surface area contributed by atoms with Crippen molar-refractivity contribution in [2.75, 3.05) is 17.2 Å². The van der Waals surface area contributed by atoms with Gasteiger partial charge in [-0.05, 0) is 69.3 Å². The number of rotatable bonds is 6. The second-order valence-electron chi connectivity index (χ2n) is 8.52. The first-order chi connectivity index (χ1) is 16.7. The summed E-state index contributed by atoms with van der Waals surface area (Å²) < 4.78 is 7.46. The molecule has 3 amide bonds. The molecule has 0 unspecified atom stereocenters. The average Bonchev–Trinajstić information content (AvgIpc) is 3.38. The number of hydrogen-bond donors (Lipinski definition) is 3. The number of anilines is 2. The average molecular weight is 515 g/mol. The van der Waals surface area contributed by atoms with Crippen LogP contribution in [0.3, 0.4) is 0 Å². The Labute approximate surface area is 212 Å². The summed E-state index contributed by atoms with van der Waals surface area (Å²) in [6.07, 6.45) is 0.125. The predicted molar refractivity (Wildman–Crippen MR) is 136 cm³/mol. The van der Waals surface area contributed by atoms with Gasteiger partial charge >= 0.3 is 6.03 Å². The number of benzene rings is 2. The third kappa shape index (κ3) is 6.08. The maximum absolute atomic E-state index is 13.2. The lowest BCUT2D eigenvalue weighted by Crippen LogP contribution is -2.45. The number of carbonyl (C=O) groups excluding carboxylic acids is 2. The van der Waals surface area contributed by atoms with Gasteiger partial charge in [-0.15, -0.1) is 0 Å². The molecule has 3 aromatic rings. The molecular formula is C24H27ClN6O3S. The SMILES string of the molecule is Cc1nn(-c2ccc(NC(=O)[C@H]3C[C@@H](OC(C)C)CN3C(=O)Nc3ccc(Cl)cc3)cc2)c(=N)s1. The van der Waals surface area contributed by atoms with Crippen molar-refractivity contribution < 1.29 is 14.3 Å². The fourth-order valence-corrected chi connectivity index (χ4v) is 4.72. The molecule has 1 aromatic heterocycles. The molecule has 184 valence electrons. The van der Waals surface area contributed by atoms with Gasteiger partial charge in [0, 0.05) is 29.4 Å². The smallest absolute Gasteiger partial charge is 0.322 e. The normalized spacial score (nSPS) is 17.6. The van der Waals surface area contributed by atoms with Gasteiger partial charge in [-0.25, -0.2) is 9.48 Å². The number of carbonyl (C=O) groups is 2. The minimum atomic E-state index is -0.693. The van der Waals surface area contributed by atoms with E-state index in [1.54, 1.807) is 53.2 Å². The summed E-state index contributed by atoms with van der Waals surface area (Å²) in [7, 11) is 0. The van der Waals surface area contributed by atoms with Crippen LogP contribution in [-0.4, -0.2) is 51.4 Å². The monoisotopic (exact) mass is 514 g/mol. The van der Waals surface area contributed by atoms with E-state index in [1.807, 2.05) is 20.8 Å². The van der Waals surface area contributed by atoms with Crippen molar-refractivity contribution in [1.29, 1.82) is 5.41 Å². The zero-order chi connectivity index (χ0) is 25.1. The van der Waals surface area contributed by atoms with Crippen molar-refractivity contribution in [2.24, 2.45) is 0 Å². The number of nitrogens with one attached hydrogen (secondary N) is 3. The summed E-state index contributed by atoms with van der Waals surface area (Å²) in [5.74, 6) is -0.294. The van der Waals surface area contributed by atoms with Crippen LogP contribution in [0.25, 0.3) is 5.69 Å². The van der Waals surface area contributed by atoms with Crippen molar-refractivity contribution in [1.82, 2.24) is 14.7 Å². The topological polar surface area (TPSA) is 112 Å². The van der Waals surface area contributed by atoms with E-state index in [9.17, 15) is 9.59 Å². The maximum atomic E-state index is 13.2. The van der Waals surface area contributed by atoms with Crippen molar-refractivity contribution in [2.45, 2.75) is 45.4 Å². The molecule has 2 aromatic carbocycles. The summed E-state index contributed by atoms with van der Waals surface area (Å²) >= 11 is 7.22. The highest BCUT2D eigenvalue weighted by Gasteiger charge is 2.40. The highest BCUT2D eigenvalue weighted by Crippen LogP contribution is 2.25. The van der Waals surface area contributed by atoms with Crippen molar-refractivity contribution in [3.05, 3.63) is 63.4 Å². The van der Waals surface area contributed by atoms with Gasteiger partial charge in [-0.3, -0.25) is 10.2 Å². The lowest BCUT2D eigenvalue weighted by atomic mass is 10.1. The summed E-state index contributed by atoms with van der Waals surface area (Å²) in [4.78, 5) is 28.1. The quantitative estimate of drug-likeness (QED) is 0.452. The molecule has 0 aliphatic carbocycles. The number of urea groups is 1. The Balaban J connectivity index is 1.48. The van der Waals surface area contributed by atoms with Crippen LogP contribution in [0.2, 0.25) is 5.02 Å². The molecular weight excluding hydrogens is 488 g/mol. The van der Waals surface area contributed by atoms with Gasteiger partial charge in [-0.2, -0.15) is 5.10 Å². The number of halogens is 1. The number of nitrogens with zero attached hydrogens (tertiary/aromatic N) is 3. The third-order valence-electron chi connectivity index (χ3n) is 5.44. The van der Waals surface area contributed by atoms with Crippen molar-refractivity contribution >= 4 is 46.3 Å². The minimum absolute atomic E-state index is 0.0238. The Morgan fingerprint density at radius 3 is 2.34 bits per heavy atom. The molecule has 2 heterocycles. The van der Waals surface area contributed by atoms with Crippen LogP contribution < -0.4 is 15.4 Å². The Bertz CT molecular complexity index is 1260. The third-order valence-corrected chi connectivity index (χ3v) is 6.44. The fraction of sp³-hybridized carbons (Fsp3) is 0.333. The number of hydrogen-bond acceptors (Lipinski definition) is 6. The van der Waals surface area contributed by atoms with E-state index >= 15 is 0 Å². The predicted octanol–water partition coefficient (Wildman–Crippen LogP) is 4.41. The molecule has 35 heavy (non-hydrogen) atoms. The lowest BCUT2D eigenvalue weighted by Gasteiger charge is -2.24. The molecule has 0 saturated carbocycles. The molecule has 1 fully saturated rings. The zero-order valence-electron chi connectivity index (χ0n) is 19.6. The van der Waals surface area contributed by atoms with Crippen LogP contribution in [0.4, 0.5) is 16.2 Å². The minimum Gasteiger partial charge on any atom is -0.374 e. The van der Waals surface area contributed by atoms with Crippen molar-refractivity contribution in [3.8, 4) is 5.69 Å². The molecule has 11 heteroatoms. The maximum Gasteiger partial charge on any atom is 0.322 e. The van der Waals surface area contributed by atoms with E-state index in [-0.39, 0.29) is 24.1 Å². The first-order valence-electron chi connectivity index (χ1n) is 11.2. The van der Waals surface area contributed by atoms with Gasteiger partial charge < -0.3 is 20.3 Å². The molecule has 4 rings (SSSR count). The highest BCUT2D eigenvalue weighted by atomic mass is 35.5. The van der Waals surface area contributed by atoms with E-state index < -0.39 is 6.04 Å². The van der Waals surface area contributed by atoms with Crippen LogP contribution in [-0.2, 0) is 9.53 Å². The van der Waals surface area contributed by atoms with Gasteiger partial charge in [0.2, 0.25) is 10.7 Å². The Morgan fingerprint density at radius 2 is 1.74 bits per heavy atom. The number of amides is 3. The molecule has 1 saturated heterocycles. The van der Waals surface area contributed by atoms with E-state index in [0.29, 0.717) is 34.2 Å². The first-order valence-corrected chi connectivity index (χ1v) is 12.4. The number of likely N-dealkylation sites (tertiary alicyclic amines) is 1. The Morgan fingerprint density at radius 1 is 1.11 bits per heavy atom. The molecule has 0 bridgehead atoms. The highest BCUT2D eigenvalue weighted by molar-refractivity contribution is 7.08. The largest absolute Gasteiger partial charge is 0.374 e. The van der Waals surface area contributed by atoms with Gasteiger partial charge in [0.25, 0.3) is 0 Å². The van der Waals surface area contributed by atoms with Crippen molar-refractivity contribution in [3.63, 3.8) is 0 Å². The van der Waals surface area contributed by atoms with E-state index in [1.165, 1.54) is 16.2 Å². The molecule has 2 atom stereocenters. The van der Waals surface area contributed by atoms with Crippen LogP contribution >= 0.6 is 22.9 Å². The molecule has 3 N–H and O–H groups in total. The second kappa shape index (κ2) is 10.6. The summed E-state index contributed by atoms with van der Waals surface area (Å²) in [5, 5.41) is 19.4. The second-order valence-corrected chi connectivity index (χ2v) is 10.1. The van der Waals surface area contributed by atoms with Gasteiger partial charge in [-0.1, -0.05) is 22.9 Å². The van der Waals surface area contributed by atoms with Gasteiger partial charge in [0.15, 0.2) is 0 Å².